The van der Waals surface area contributed by atoms with Crippen molar-refractivity contribution in [3.05, 3.63) is 82.4 Å². The van der Waals surface area contributed by atoms with E-state index in [1.165, 1.54) is 24.3 Å². The van der Waals surface area contributed by atoms with E-state index in [4.69, 9.17) is 0 Å². The molecule has 122 valence electrons. The van der Waals surface area contributed by atoms with Crippen LogP contribution in [0.4, 0.5) is 8.78 Å². The predicted octanol–water partition coefficient (Wildman–Crippen LogP) is 2.53. The van der Waals surface area contributed by atoms with Crippen molar-refractivity contribution in [2.24, 2.45) is 0 Å². The molecule has 1 unspecified atom stereocenters. The van der Waals surface area contributed by atoms with E-state index in [1.54, 1.807) is 36.4 Å². The summed E-state index contributed by atoms with van der Waals surface area (Å²) >= 11 is 0. The number of rotatable bonds is 2. The Morgan fingerprint density at radius 2 is 1.33 bits per heavy atom. The number of benzene rings is 2. The van der Waals surface area contributed by atoms with Crippen molar-refractivity contribution in [2.45, 2.75) is 0 Å². The van der Waals surface area contributed by atoms with Crippen molar-refractivity contribution in [1.29, 1.82) is 0 Å². The van der Waals surface area contributed by atoms with E-state index in [1.807, 2.05) is 7.05 Å². The molecule has 2 nitrogen and oxygen atoms in total. The Labute approximate surface area is 139 Å². The summed E-state index contributed by atoms with van der Waals surface area (Å²) in [7, 11) is 1.99. The van der Waals surface area contributed by atoms with Gasteiger partial charge in [0.05, 0.1) is 18.2 Å². The van der Waals surface area contributed by atoms with E-state index in [0.717, 1.165) is 4.90 Å². The van der Waals surface area contributed by atoms with Crippen LogP contribution in [0.2, 0.25) is 0 Å². The van der Waals surface area contributed by atoms with Crippen molar-refractivity contribution in [2.75, 3.05) is 20.1 Å². The van der Waals surface area contributed by atoms with Gasteiger partial charge in [0.15, 0.2) is 5.78 Å². The molecule has 0 saturated carbocycles. The number of halogens is 2. The number of ketones is 1. The van der Waals surface area contributed by atoms with Gasteiger partial charge >= 0.3 is 0 Å². The van der Waals surface area contributed by atoms with Gasteiger partial charge in [-0.3, -0.25) is 4.79 Å². The molecule has 0 amide bonds. The maximum atomic E-state index is 13.3. The molecule has 1 fully saturated rings. The number of carbonyl (C=O) groups excluding carboxylic acids is 1. The molecule has 0 aromatic heterocycles. The van der Waals surface area contributed by atoms with Crippen LogP contribution in [0.15, 0.2) is 59.7 Å². The summed E-state index contributed by atoms with van der Waals surface area (Å²) in [6.45, 7) is 1.16. The minimum Gasteiger partial charge on any atom is -0.330 e. The molecule has 1 N–H and O–H groups in total. The van der Waals surface area contributed by atoms with Gasteiger partial charge in [-0.1, -0.05) is 24.3 Å². The van der Waals surface area contributed by atoms with Gasteiger partial charge < -0.3 is 4.90 Å². The lowest BCUT2D eigenvalue weighted by Gasteiger charge is -2.23. The Bertz CT molecular complexity index is 772. The Kier molecular flexibility index (Phi) is 4.67. The highest BCUT2D eigenvalue weighted by Crippen LogP contribution is 2.17. The van der Waals surface area contributed by atoms with Gasteiger partial charge in [0.2, 0.25) is 0 Å². The summed E-state index contributed by atoms with van der Waals surface area (Å²) in [5, 5.41) is 0. The van der Waals surface area contributed by atoms with E-state index < -0.39 is 0 Å². The predicted molar refractivity (Wildman–Crippen MR) is 90.4 cm³/mol. The van der Waals surface area contributed by atoms with Crippen LogP contribution in [0.25, 0.3) is 12.2 Å². The molecule has 0 spiro atoms. The number of hydrogen-bond acceptors (Lipinski definition) is 1. The van der Waals surface area contributed by atoms with Crippen LogP contribution < -0.4 is 4.90 Å². The highest BCUT2D eigenvalue weighted by Gasteiger charge is 2.27. The molecule has 1 aliphatic rings. The summed E-state index contributed by atoms with van der Waals surface area (Å²) < 4.78 is 26.7. The molecule has 1 heterocycles. The molecule has 1 saturated heterocycles. The maximum absolute atomic E-state index is 13.3. The van der Waals surface area contributed by atoms with Gasteiger partial charge in [-0.15, -0.1) is 0 Å². The molecule has 0 bridgehead atoms. The molecule has 2 aromatic rings. The zero-order valence-electron chi connectivity index (χ0n) is 13.4. The Morgan fingerprint density at radius 3 is 1.75 bits per heavy atom. The fourth-order valence-corrected chi connectivity index (χ4v) is 2.91. The largest absolute Gasteiger partial charge is 0.330 e. The minimum atomic E-state index is -0.330. The first-order valence-corrected chi connectivity index (χ1v) is 7.79. The number of nitrogens with one attached hydrogen (secondary N) is 1. The fourth-order valence-electron chi connectivity index (χ4n) is 2.91. The van der Waals surface area contributed by atoms with E-state index in [2.05, 4.69) is 0 Å². The highest BCUT2D eigenvalue weighted by atomic mass is 19.1. The summed E-state index contributed by atoms with van der Waals surface area (Å²) in [6.07, 6.45) is 3.46. The molecule has 0 radical (unpaired) electrons. The first-order chi connectivity index (χ1) is 11.5. The molecule has 1 aliphatic heterocycles. The Morgan fingerprint density at radius 1 is 0.875 bits per heavy atom. The summed E-state index contributed by atoms with van der Waals surface area (Å²) in [6, 6.07) is 12.3. The van der Waals surface area contributed by atoms with Crippen LogP contribution in [0.3, 0.4) is 0 Å². The van der Waals surface area contributed by atoms with Crippen LogP contribution in [-0.4, -0.2) is 25.9 Å². The van der Waals surface area contributed by atoms with Crippen molar-refractivity contribution < 1.29 is 18.5 Å². The van der Waals surface area contributed by atoms with Crippen molar-refractivity contribution in [1.82, 2.24) is 0 Å². The molecule has 3 rings (SSSR count). The normalized spacial score (nSPS) is 21.5. The molecular formula is C20H18F2NO+. The number of hydrogen-bond donors (Lipinski definition) is 1. The topological polar surface area (TPSA) is 21.5 Å². The second-order valence-electron chi connectivity index (χ2n) is 6.09. The van der Waals surface area contributed by atoms with Crippen LogP contribution in [0.1, 0.15) is 11.1 Å². The highest BCUT2D eigenvalue weighted by molar-refractivity contribution is 6.14. The first kappa shape index (κ1) is 16.3. The van der Waals surface area contributed by atoms with Crippen molar-refractivity contribution in [3.8, 4) is 0 Å². The lowest BCUT2D eigenvalue weighted by Crippen LogP contribution is -3.10. The SMILES string of the molecule is C[NH+]1C/C(=C/c2cccc(F)c2)C(=O)/C(=C/c2cccc(F)c2)C1. The minimum absolute atomic E-state index is 0.0610. The fraction of sp³-hybridized carbons (Fsp3) is 0.150. The third-order valence-electron chi connectivity index (χ3n) is 3.95. The summed E-state index contributed by atoms with van der Waals surface area (Å²) in [5.41, 5.74) is 2.59. The number of carbonyl (C=O) groups is 1. The van der Waals surface area contributed by atoms with Crippen molar-refractivity contribution >= 4 is 17.9 Å². The van der Waals surface area contributed by atoms with Gasteiger partial charge in [-0.25, -0.2) is 8.78 Å². The number of piperidine rings is 1. The number of Topliss-reactive ketones (excluding diaryl/α,β-unsaturated/α-hetero) is 1. The second kappa shape index (κ2) is 6.89. The third kappa shape index (κ3) is 3.84. The van der Waals surface area contributed by atoms with Crippen LogP contribution in [0, 0.1) is 11.6 Å². The zero-order valence-corrected chi connectivity index (χ0v) is 13.4. The standard InChI is InChI=1S/C20H17F2NO/c1-23-12-16(8-14-4-2-6-18(21)10-14)20(24)17(13-23)9-15-5-3-7-19(22)11-15/h2-11H,12-13H2,1H3/p+1/b16-8-,17-9+. The maximum Gasteiger partial charge on any atom is 0.196 e. The molecule has 1 atom stereocenters. The number of likely N-dealkylation sites (N-methyl/N-ethyl adjacent to an activating group) is 1. The zero-order chi connectivity index (χ0) is 17.1. The van der Waals surface area contributed by atoms with Gasteiger partial charge in [0.1, 0.15) is 24.7 Å². The van der Waals surface area contributed by atoms with Crippen LogP contribution in [0.5, 0.6) is 0 Å². The van der Waals surface area contributed by atoms with E-state index in [-0.39, 0.29) is 17.4 Å². The van der Waals surface area contributed by atoms with Gasteiger partial charge in [-0.2, -0.15) is 0 Å². The van der Waals surface area contributed by atoms with E-state index >= 15 is 0 Å². The van der Waals surface area contributed by atoms with Crippen LogP contribution in [-0.2, 0) is 4.79 Å². The smallest absolute Gasteiger partial charge is 0.196 e. The average molecular weight is 326 g/mol. The van der Waals surface area contributed by atoms with Crippen molar-refractivity contribution in [3.63, 3.8) is 0 Å². The van der Waals surface area contributed by atoms with Gasteiger partial charge in [-0.05, 0) is 47.5 Å². The first-order valence-electron chi connectivity index (χ1n) is 7.79. The molecule has 0 aliphatic carbocycles. The Balaban J connectivity index is 1.94. The Hall–Kier alpha value is -2.59. The molecule has 4 heteroatoms. The second-order valence-corrected chi connectivity index (χ2v) is 6.09. The average Bonchev–Trinajstić information content (AvgIpc) is 2.52. The molecule has 2 aromatic carbocycles. The van der Waals surface area contributed by atoms with E-state index in [0.29, 0.717) is 35.4 Å². The molecule has 24 heavy (non-hydrogen) atoms. The van der Waals surface area contributed by atoms with E-state index in [9.17, 15) is 13.6 Å². The number of likely N-dealkylation sites (tertiary alicyclic amines) is 1. The summed E-state index contributed by atoms with van der Waals surface area (Å²) in [4.78, 5) is 13.9. The van der Waals surface area contributed by atoms with Crippen LogP contribution >= 0.6 is 0 Å². The lowest BCUT2D eigenvalue weighted by atomic mass is 9.94. The van der Waals surface area contributed by atoms with Gasteiger partial charge in [0.25, 0.3) is 0 Å². The summed E-state index contributed by atoms with van der Waals surface area (Å²) in [5.74, 6) is -0.721. The third-order valence-corrected chi connectivity index (χ3v) is 3.95. The quantitative estimate of drug-likeness (QED) is 0.842. The monoisotopic (exact) mass is 326 g/mol. The number of quaternary nitrogens is 1. The van der Waals surface area contributed by atoms with Gasteiger partial charge in [0, 0.05) is 0 Å². The molecular weight excluding hydrogens is 308 g/mol. The lowest BCUT2D eigenvalue weighted by molar-refractivity contribution is -0.870.